The summed E-state index contributed by atoms with van der Waals surface area (Å²) in [5, 5.41) is 2.12. The van der Waals surface area contributed by atoms with Gasteiger partial charge >= 0.3 is 0 Å². The van der Waals surface area contributed by atoms with E-state index in [0.717, 1.165) is 17.7 Å². The minimum Gasteiger partial charge on any atom is -0.493 e. The molecule has 1 aliphatic rings. The van der Waals surface area contributed by atoms with Gasteiger partial charge in [0.25, 0.3) is 0 Å². The largest absolute Gasteiger partial charge is 0.493 e. The second kappa shape index (κ2) is 7.19. The Morgan fingerprint density at radius 2 is 1.74 bits per heavy atom. The number of hydrogen-bond donors (Lipinski definition) is 0. The quantitative estimate of drug-likeness (QED) is 0.462. The van der Waals surface area contributed by atoms with E-state index >= 15 is 0 Å². The lowest BCUT2D eigenvalue weighted by Gasteiger charge is -2.30. The first-order valence-electron chi connectivity index (χ1n) is 6.79. The molecule has 4 heteroatoms. The summed E-state index contributed by atoms with van der Waals surface area (Å²) in [5.74, 6) is 0.805. The average molecular weight is 366 g/mol. The van der Waals surface area contributed by atoms with Crippen molar-refractivity contribution in [2.75, 3.05) is 11.9 Å². The van der Waals surface area contributed by atoms with Crippen molar-refractivity contribution in [1.82, 2.24) is 0 Å². The van der Waals surface area contributed by atoms with E-state index in [2.05, 4.69) is 15.9 Å². The summed E-state index contributed by atoms with van der Waals surface area (Å²) in [5.41, 5.74) is 0.266. The molecular weight excluding hydrogens is 347 g/mol. The number of halogens is 3. The van der Waals surface area contributed by atoms with Gasteiger partial charge in [-0.1, -0.05) is 64.8 Å². The molecule has 0 radical (unpaired) electrons. The van der Waals surface area contributed by atoms with Gasteiger partial charge in [0.2, 0.25) is 0 Å². The third-order valence-electron chi connectivity index (χ3n) is 3.88. The number of benzene rings is 1. The van der Waals surface area contributed by atoms with Gasteiger partial charge in [0.05, 0.1) is 16.7 Å². The monoisotopic (exact) mass is 364 g/mol. The summed E-state index contributed by atoms with van der Waals surface area (Å²) >= 11 is 15.6. The molecule has 1 aliphatic carbocycles. The molecule has 1 nitrogen and oxygen atoms in total. The molecule has 0 amide bonds. The number of rotatable bonds is 4. The maximum atomic E-state index is 6.01. The summed E-state index contributed by atoms with van der Waals surface area (Å²) in [6, 6.07) is 5.46. The van der Waals surface area contributed by atoms with Crippen molar-refractivity contribution in [3.05, 3.63) is 28.2 Å². The van der Waals surface area contributed by atoms with Gasteiger partial charge in [-0.2, -0.15) is 0 Å². The summed E-state index contributed by atoms with van der Waals surface area (Å²) < 4.78 is 5.96. The van der Waals surface area contributed by atoms with E-state index in [1.807, 2.05) is 6.07 Å². The molecule has 0 unspecified atom stereocenters. The minimum atomic E-state index is 0.266. The molecule has 1 aromatic carbocycles. The highest BCUT2D eigenvalue weighted by Gasteiger charge is 2.30. The van der Waals surface area contributed by atoms with E-state index in [0.29, 0.717) is 10.0 Å². The second-order valence-corrected chi connectivity index (χ2v) is 6.79. The van der Waals surface area contributed by atoms with Crippen LogP contribution in [0.5, 0.6) is 5.75 Å². The molecule has 1 saturated carbocycles. The van der Waals surface area contributed by atoms with Crippen molar-refractivity contribution in [3.8, 4) is 5.75 Å². The van der Waals surface area contributed by atoms with E-state index in [4.69, 9.17) is 27.9 Å². The first-order chi connectivity index (χ1) is 9.15. The fraction of sp³-hybridized carbons (Fsp3) is 0.600. The van der Waals surface area contributed by atoms with Gasteiger partial charge in [0.1, 0.15) is 5.75 Å². The van der Waals surface area contributed by atoms with Gasteiger partial charge in [0.15, 0.2) is 0 Å². The predicted octanol–water partition coefficient (Wildman–Crippen LogP) is 6.11. The van der Waals surface area contributed by atoms with Gasteiger partial charge in [-0.15, -0.1) is 0 Å². The topological polar surface area (TPSA) is 9.23 Å². The predicted molar refractivity (Wildman–Crippen MR) is 85.9 cm³/mol. The summed E-state index contributed by atoms with van der Waals surface area (Å²) in [4.78, 5) is 0. The highest BCUT2D eigenvalue weighted by Crippen LogP contribution is 2.37. The molecule has 0 aliphatic heterocycles. The third-order valence-corrected chi connectivity index (χ3v) is 5.81. The first kappa shape index (κ1) is 15.5. The van der Waals surface area contributed by atoms with Gasteiger partial charge in [0, 0.05) is 16.8 Å². The van der Waals surface area contributed by atoms with Gasteiger partial charge < -0.3 is 4.74 Å². The van der Waals surface area contributed by atoms with Gasteiger partial charge in [-0.05, 0) is 25.0 Å². The van der Waals surface area contributed by atoms with E-state index in [1.54, 1.807) is 12.1 Å². The van der Waals surface area contributed by atoms with Crippen LogP contribution in [0.25, 0.3) is 0 Å². The molecule has 0 spiro atoms. The van der Waals surface area contributed by atoms with E-state index in [9.17, 15) is 0 Å². The SMILES string of the molecule is Clc1ccc(OCC2(CBr)CCCCCC2)cc1Cl. The van der Waals surface area contributed by atoms with Crippen LogP contribution in [0.4, 0.5) is 0 Å². The minimum absolute atomic E-state index is 0.266. The molecule has 0 aromatic heterocycles. The fourth-order valence-corrected chi connectivity index (χ4v) is 3.61. The van der Waals surface area contributed by atoms with E-state index in [-0.39, 0.29) is 5.41 Å². The Hall–Kier alpha value is 0.0800. The van der Waals surface area contributed by atoms with Crippen LogP contribution >= 0.6 is 39.1 Å². The van der Waals surface area contributed by atoms with Crippen LogP contribution in [0.2, 0.25) is 10.0 Å². The van der Waals surface area contributed by atoms with Crippen LogP contribution in [0, 0.1) is 5.41 Å². The molecule has 0 saturated heterocycles. The Balaban J connectivity index is 2.00. The zero-order valence-electron chi connectivity index (χ0n) is 10.9. The van der Waals surface area contributed by atoms with Crippen LogP contribution in [-0.4, -0.2) is 11.9 Å². The Morgan fingerprint density at radius 3 is 2.32 bits per heavy atom. The maximum Gasteiger partial charge on any atom is 0.120 e. The smallest absolute Gasteiger partial charge is 0.120 e. The second-order valence-electron chi connectivity index (χ2n) is 5.41. The van der Waals surface area contributed by atoms with Crippen molar-refractivity contribution < 1.29 is 4.74 Å². The molecule has 0 N–H and O–H groups in total. The Kier molecular flexibility index (Phi) is 5.86. The molecular formula is C15H19BrCl2O. The summed E-state index contributed by atoms with van der Waals surface area (Å²) in [6.45, 7) is 0.746. The van der Waals surface area contributed by atoms with E-state index in [1.165, 1.54) is 38.5 Å². The lowest BCUT2D eigenvalue weighted by Crippen LogP contribution is -2.29. The Labute approximate surface area is 133 Å². The van der Waals surface area contributed by atoms with Crippen molar-refractivity contribution in [3.63, 3.8) is 0 Å². The lowest BCUT2D eigenvalue weighted by molar-refractivity contribution is 0.149. The Bertz CT molecular complexity index is 415. The molecule has 106 valence electrons. The molecule has 0 bridgehead atoms. The van der Waals surface area contributed by atoms with Gasteiger partial charge in [-0.3, -0.25) is 0 Å². The van der Waals surface area contributed by atoms with Crippen molar-refractivity contribution >= 4 is 39.1 Å². The maximum absolute atomic E-state index is 6.01. The van der Waals surface area contributed by atoms with Crippen molar-refractivity contribution in [2.45, 2.75) is 38.5 Å². The molecule has 0 heterocycles. The van der Waals surface area contributed by atoms with Crippen LogP contribution in [-0.2, 0) is 0 Å². The summed E-state index contributed by atoms with van der Waals surface area (Å²) in [7, 11) is 0. The highest BCUT2D eigenvalue weighted by molar-refractivity contribution is 9.09. The van der Waals surface area contributed by atoms with Gasteiger partial charge in [-0.25, -0.2) is 0 Å². The highest BCUT2D eigenvalue weighted by atomic mass is 79.9. The normalized spacial score (nSPS) is 18.9. The lowest BCUT2D eigenvalue weighted by atomic mass is 9.83. The van der Waals surface area contributed by atoms with Crippen LogP contribution < -0.4 is 4.74 Å². The zero-order chi connectivity index (χ0) is 13.7. The standard InChI is InChI=1S/C15H19BrCl2O/c16-10-15(7-3-1-2-4-8-15)11-19-12-5-6-13(17)14(18)9-12/h5-6,9H,1-4,7-8,10-11H2. The summed E-state index contributed by atoms with van der Waals surface area (Å²) in [6.07, 6.45) is 7.77. The zero-order valence-corrected chi connectivity index (χ0v) is 14.0. The first-order valence-corrected chi connectivity index (χ1v) is 8.67. The fourth-order valence-electron chi connectivity index (χ4n) is 2.60. The van der Waals surface area contributed by atoms with Crippen LogP contribution in [0.1, 0.15) is 38.5 Å². The molecule has 1 fully saturated rings. The molecule has 19 heavy (non-hydrogen) atoms. The molecule has 1 aromatic rings. The van der Waals surface area contributed by atoms with Crippen LogP contribution in [0.15, 0.2) is 18.2 Å². The average Bonchev–Trinajstić information content (AvgIpc) is 2.66. The number of alkyl halides is 1. The molecule has 2 rings (SSSR count). The Morgan fingerprint density at radius 1 is 1.05 bits per heavy atom. The number of hydrogen-bond acceptors (Lipinski definition) is 1. The van der Waals surface area contributed by atoms with Crippen molar-refractivity contribution in [1.29, 1.82) is 0 Å². The van der Waals surface area contributed by atoms with Crippen molar-refractivity contribution in [2.24, 2.45) is 5.41 Å². The third kappa shape index (κ3) is 4.27. The van der Waals surface area contributed by atoms with Crippen LogP contribution in [0.3, 0.4) is 0 Å². The molecule has 0 atom stereocenters. The van der Waals surface area contributed by atoms with E-state index < -0.39 is 0 Å². The number of ether oxygens (including phenoxy) is 1.